The normalized spacial score (nSPS) is 12.8. The van der Waals surface area contributed by atoms with E-state index in [1.165, 1.54) is 4.31 Å². The van der Waals surface area contributed by atoms with Crippen LogP contribution in [0.5, 0.6) is 0 Å². The molecule has 2 aromatic rings. The summed E-state index contributed by atoms with van der Waals surface area (Å²) in [6.07, 6.45) is 3.55. The third-order valence-electron chi connectivity index (χ3n) is 5.15. The first-order chi connectivity index (χ1) is 14.4. The number of nitrogens with zero attached hydrogens (tertiary/aromatic N) is 2. The minimum atomic E-state index is -3.78. The second-order valence-corrected chi connectivity index (χ2v) is 9.71. The molecule has 0 saturated heterocycles. The fraction of sp³-hybridized carbons (Fsp3) is 0.500. The van der Waals surface area contributed by atoms with Gasteiger partial charge in [-0.15, -0.1) is 0 Å². The van der Waals surface area contributed by atoms with Crippen molar-refractivity contribution in [2.75, 3.05) is 30.5 Å². The molecule has 166 valence electrons. The maximum absolute atomic E-state index is 13.4. The van der Waals surface area contributed by atoms with Crippen LogP contribution >= 0.6 is 0 Å². The lowest BCUT2D eigenvalue weighted by atomic mass is 10.2. The number of anilines is 1. The molecule has 0 spiro atoms. The van der Waals surface area contributed by atoms with E-state index in [4.69, 9.17) is 0 Å². The molecular formula is C24H36N2O3S. The van der Waals surface area contributed by atoms with Crippen LogP contribution in [-0.2, 0) is 10.0 Å². The zero-order valence-corrected chi connectivity index (χ0v) is 19.3. The van der Waals surface area contributed by atoms with Crippen LogP contribution in [0.3, 0.4) is 0 Å². The van der Waals surface area contributed by atoms with E-state index in [1.54, 1.807) is 42.5 Å². The molecule has 6 heteroatoms. The zero-order valence-electron chi connectivity index (χ0n) is 18.5. The maximum Gasteiger partial charge on any atom is 0.264 e. The Bertz CT molecular complexity index is 831. The molecule has 2 rings (SSSR count). The van der Waals surface area contributed by atoms with Crippen molar-refractivity contribution in [2.45, 2.75) is 57.5 Å². The molecule has 2 aromatic carbocycles. The molecule has 1 atom stereocenters. The Hall–Kier alpha value is -1.89. The van der Waals surface area contributed by atoms with Crippen molar-refractivity contribution >= 4 is 15.7 Å². The first-order valence-electron chi connectivity index (χ1n) is 10.9. The second-order valence-electron chi connectivity index (χ2n) is 7.85. The van der Waals surface area contributed by atoms with Gasteiger partial charge in [-0.1, -0.05) is 62.6 Å². The predicted molar refractivity (Wildman–Crippen MR) is 124 cm³/mol. The van der Waals surface area contributed by atoms with Gasteiger partial charge in [0.15, 0.2) is 0 Å². The van der Waals surface area contributed by atoms with E-state index in [0.29, 0.717) is 12.2 Å². The number of aryl methyl sites for hydroxylation is 1. The van der Waals surface area contributed by atoms with Gasteiger partial charge in [-0.2, -0.15) is 0 Å². The highest BCUT2D eigenvalue weighted by Gasteiger charge is 2.27. The molecule has 0 radical (unpaired) electrons. The van der Waals surface area contributed by atoms with Crippen molar-refractivity contribution in [1.29, 1.82) is 0 Å². The van der Waals surface area contributed by atoms with Gasteiger partial charge in [0.1, 0.15) is 0 Å². The lowest BCUT2D eigenvalue weighted by molar-refractivity contribution is 0.117. The first-order valence-corrected chi connectivity index (χ1v) is 12.4. The standard InChI is InChI=1S/C24H36N2O3S/c1-4-6-17-25(18-7-5-2)19-23(27)20-26(22-15-13-21(3)14-16-22)30(28,29)24-11-9-8-10-12-24/h8-16,23,27H,4-7,17-20H2,1-3H3/t23-/m0/s1. The van der Waals surface area contributed by atoms with E-state index >= 15 is 0 Å². The van der Waals surface area contributed by atoms with E-state index in [1.807, 2.05) is 19.1 Å². The molecule has 0 aliphatic rings. The average Bonchev–Trinajstić information content (AvgIpc) is 2.75. The average molecular weight is 433 g/mol. The molecule has 0 aromatic heterocycles. The van der Waals surface area contributed by atoms with Gasteiger partial charge in [0.05, 0.1) is 23.2 Å². The highest BCUT2D eigenvalue weighted by atomic mass is 32.2. The Kier molecular flexibility index (Phi) is 9.82. The van der Waals surface area contributed by atoms with Crippen molar-refractivity contribution in [3.05, 3.63) is 60.2 Å². The van der Waals surface area contributed by atoms with Gasteiger partial charge in [0.25, 0.3) is 10.0 Å². The third kappa shape index (κ3) is 7.11. The van der Waals surface area contributed by atoms with E-state index in [9.17, 15) is 13.5 Å². The molecule has 0 bridgehead atoms. The van der Waals surface area contributed by atoms with Gasteiger partial charge in [-0.25, -0.2) is 8.42 Å². The molecule has 0 aliphatic carbocycles. The van der Waals surface area contributed by atoms with Crippen molar-refractivity contribution in [1.82, 2.24) is 4.90 Å². The van der Waals surface area contributed by atoms with Crippen molar-refractivity contribution in [3.63, 3.8) is 0 Å². The third-order valence-corrected chi connectivity index (χ3v) is 6.96. The summed E-state index contributed by atoms with van der Waals surface area (Å²) in [4.78, 5) is 2.48. The molecule has 0 aliphatic heterocycles. The van der Waals surface area contributed by atoms with Crippen LogP contribution in [0.25, 0.3) is 0 Å². The largest absolute Gasteiger partial charge is 0.390 e. The minimum Gasteiger partial charge on any atom is -0.390 e. The monoisotopic (exact) mass is 432 g/mol. The van der Waals surface area contributed by atoms with Crippen LogP contribution in [0.4, 0.5) is 5.69 Å². The summed E-state index contributed by atoms with van der Waals surface area (Å²) in [5.74, 6) is 0. The fourth-order valence-corrected chi connectivity index (χ4v) is 4.90. The van der Waals surface area contributed by atoms with Crippen LogP contribution in [0.1, 0.15) is 45.1 Å². The summed E-state index contributed by atoms with van der Waals surface area (Å²) in [6.45, 7) is 8.60. The lowest BCUT2D eigenvalue weighted by Crippen LogP contribution is -2.43. The van der Waals surface area contributed by atoms with Gasteiger partial charge in [-0.3, -0.25) is 4.31 Å². The highest BCUT2D eigenvalue weighted by Crippen LogP contribution is 2.24. The van der Waals surface area contributed by atoms with Gasteiger partial charge >= 0.3 is 0 Å². The molecule has 30 heavy (non-hydrogen) atoms. The number of sulfonamides is 1. The summed E-state index contributed by atoms with van der Waals surface area (Å²) in [6, 6.07) is 15.8. The fourth-order valence-electron chi connectivity index (χ4n) is 3.38. The number of hydrogen-bond acceptors (Lipinski definition) is 4. The van der Waals surface area contributed by atoms with E-state index < -0.39 is 16.1 Å². The summed E-state index contributed by atoms with van der Waals surface area (Å²) < 4.78 is 28.1. The Balaban J connectivity index is 2.25. The number of rotatable bonds is 13. The number of aliphatic hydroxyl groups is 1. The number of hydrogen-bond donors (Lipinski definition) is 1. The predicted octanol–water partition coefficient (Wildman–Crippen LogP) is 4.45. The van der Waals surface area contributed by atoms with E-state index in [-0.39, 0.29) is 11.4 Å². The first kappa shape index (κ1) is 24.4. The topological polar surface area (TPSA) is 60.9 Å². The molecule has 5 nitrogen and oxygen atoms in total. The highest BCUT2D eigenvalue weighted by molar-refractivity contribution is 7.92. The molecule has 1 N–H and O–H groups in total. The zero-order chi connectivity index (χ0) is 22.0. The molecule has 0 heterocycles. The quantitative estimate of drug-likeness (QED) is 0.508. The van der Waals surface area contributed by atoms with Crippen LogP contribution in [0, 0.1) is 6.92 Å². The maximum atomic E-state index is 13.4. The Morgan fingerprint density at radius 2 is 1.43 bits per heavy atom. The smallest absolute Gasteiger partial charge is 0.264 e. The van der Waals surface area contributed by atoms with Crippen LogP contribution < -0.4 is 4.31 Å². The minimum absolute atomic E-state index is 0.0229. The van der Waals surface area contributed by atoms with Crippen LogP contribution in [-0.4, -0.2) is 50.7 Å². The van der Waals surface area contributed by atoms with Gasteiger partial charge < -0.3 is 10.0 Å². The summed E-state index contributed by atoms with van der Waals surface area (Å²) >= 11 is 0. The van der Waals surface area contributed by atoms with Crippen molar-refractivity contribution < 1.29 is 13.5 Å². The second kappa shape index (κ2) is 12.1. The SMILES string of the molecule is CCCCN(CCCC)C[C@H](O)CN(c1ccc(C)cc1)S(=O)(=O)c1ccccc1. The van der Waals surface area contributed by atoms with Gasteiger partial charge in [0.2, 0.25) is 0 Å². The van der Waals surface area contributed by atoms with E-state index in [0.717, 1.165) is 44.3 Å². The van der Waals surface area contributed by atoms with Gasteiger partial charge in [-0.05, 0) is 57.1 Å². The van der Waals surface area contributed by atoms with Crippen molar-refractivity contribution in [2.24, 2.45) is 0 Å². The van der Waals surface area contributed by atoms with Gasteiger partial charge in [0, 0.05) is 6.54 Å². The Morgan fingerprint density at radius 3 is 1.97 bits per heavy atom. The lowest BCUT2D eigenvalue weighted by Gasteiger charge is -2.30. The van der Waals surface area contributed by atoms with Crippen molar-refractivity contribution in [3.8, 4) is 0 Å². The molecule has 0 unspecified atom stereocenters. The number of unbranched alkanes of at least 4 members (excludes halogenated alkanes) is 2. The molecule has 0 saturated carbocycles. The number of aliphatic hydroxyl groups excluding tert-OH is 1. The molecule has 0 amide bonds. The molecule has 0 fully saturated rings. The Morgan fingerprint density at radius 1 is 0.867 bits per heavy atom. The van der Waals surface area contributed by atoms with Crippen LogP contribution in [0.2, 0.25) is 0 Å². The van der Waals surface area contributed by atoms with E-state index in [2.05, 4.69) is 18.7 Å². The summed E-state index contributed by atoms with van der Waals surface area (Å²) in [5.41, 5.74) is 1.62. The van der Waals surface area contributed by atoms with Crippen LogP contribution in [0.15, 0.2) is 59.5 Å². The summed E-state index contributed by atoms with van der Waals surface area (Å²) in [7, 11) is -3.78. The number of benzene rings is 2. The molecular weight excluding hydrogens is 396 g/mol. The summed E-state index contributed by atoms with van der Waals surface area (Å²) in [5, 5.41) is 10.9. The Labute approximate surface area is 182 Å².